The Bertz CT molecular complexity index is 829. The molecule has 0 saturated carbocycles. The van der Waals surface area contributed by atoms with Crippen LogP contribution in [0.25, 0.3) is 0 Å². The SMILES string of the molecule is COc1cc([N+](=O)[O-])ccc1N1C(=O)[C@H]2[C@H](C1=O)[C@]1(C)C=C[C@]2(C)O1. The number of hydrogen-bond acceptors (Lipinski definition) is 6. The van der Waals surface area contributed by atoms with E-state index in [1.54, 1.807) is 13.8 Å². The first-order chi connectivity index (χ1) is 11.7. The van der Waals surface area contributed by atoms with Gasteiger partial charge in [-0.1, -0.05) is 12.2 Å². The molecule has 0 N–H and O–H groups in total. The third kappa shape index (κ3) is 1.85. The maximum Gasteiger partial charge on any atom is 0.273 e. The highest BCUT2D eigenvalue weighted by Crippen LogP contribution is 2.58. The standard InChI is InChI=1S/C17H16N2O6/c1-16-6-7-17(2,25-16)13-12(16)14(20)18(15(13)21)10-5-4-9(19(22)23)8-11(10)24-3/h4-8,12-13H,1-3H3/t12-,13-,16+,17+/m1/s1. The second-order valence-electron chi connectivity index (χ2n) is 6.88. The van der Waals surface area contributed by atoms with Gasteiger partial charge in [-0.2, -0.15) is 0 Å². The van der Waals surface area contributed by atoms with Gasteiger partial charge >= 0.3 is 0 Å². The molecular formula is C17H16N2O6. The van der Waals surface area contributed by atoms with Crippen molar-refractivity contribution in [1.82, 2.24) is 0 Å². The van der Waals surface area contributed by atoms with E-state index in [0.29, 0.717) is 0 Å². The number of anilines is 1. The van der Waals surface area contributed by atoms with E-state index in [1.807, 2.05) is 12.2 Å². The summed E-state index contributed by atoms with van der Waals surface area (Å²) in [6, 6.07) is 3.82. The summed E-state index contributed by atoms with van der Waals surface area (Å²) in [5, 5.41) is 10.9. The largest absolute Gasteiger partial charge is 0.494 e. The number of rotatable bonds is 3. The average molecular weight is 344 g/mol. The molecule has 3 aliphatic heterocycles. The Kier molecular flexibility index (Phi) is 2.94. The van der Waals surface area contributed by atoms with Gasteiger partial charge in [0, 0.05) is 6.07 Å². The number of imide groups is 1. The molecule has 25 heavy (non-hydrogen) atoms. The molecular weight excluding hydrogens is 328 g/mol. The van der Waals surface area contributed by atoms with Crippen LogP contribution in [0.4, 0.5) is 11.4 Å². The molecule has 130 valence electrons. The maximum absolute atomic E-state index is 13.0. The second kappa shape index (κ2) is 4.66. The van der Waals surface area contributed by atoms with Gasteiger partial charge in [0.1, 0.15) is 5.75 Å². The molecule has 3 heterocycles. The summed E-state index contributed by atoms with van der Waals surface area (Å²) in [5.41, 5.74) is -1.61. The first-order valence-electron chi connectivity index (χ1n) is 7.83. The lowest BCUT2D eigenvalue weighted by Crippen LogP contribution is -2.39. The van der Waals surface area contributed by atoms with Crippen molar-refractivity contribution < 1.29 is 24.0 Å². The smallest absolute Gasteiger partial charge is 0.273 e. The molecule has 8 heteroatoms. The highest BCUT2D eigenvalue weighted by molar-refractivity contribution is 6.24. The lowest BCUT2D eigenvalue weighted by atomic mass is 9.73. The predicted molar refractivity (Wildman–Crippen MR) is 86.2 cm³/mol. The van der Waals surface area contributed by atoms with Crippen LogP contribution < -0.4 is 9.64 Å². The lowest BCUT2D eigenvalue weighted by molar-refractivity contribution is -0.384. The van der Waals surface area contributed by atoms with Crippen LogP contribution in [-0.4, -0.2) is 35.0 Å². The molecule has 0 unspecified atom stereocenters. The summed E-state index contributed by atoms with van der Waals surface area (Å²) in [4.78, 5) is 37.5. The van der Waals surface area contributed by atoms with E-state index < -0.39 is 28.0 Å². The fraction of sp³-hybridized carbons (Fsp3) is 0.412. The summed E-state index contributed by atoms with van der Waals surface area (Å²) < 4.78 is 11.1. The summed E-state index contributed by atoms with van der Waals surface area (Å²) in [7, 11) is 1.34. The Morgan fingerprint density at radius 3 is 2.20 bits per heavy atom. The first kappa shape index (κ1) is 15.8. The van der Waals surface area contributed by atoms with Crippen LogP contribution in [0.1, 0.15) is 13.8 Å². The molecule has 2 saturated heterocycles. The quantitative estimate of drug-likeness (QED) is 0.359. The third-order valence-corrected chi connectivity index (χ3v) is 5.34. The Morgan fingerprint density at radius 2 is 1.72 bits per heavy atom. The Morgan fingerprint density at radius 1 is 1.16 bits per heavy atom. The summed E-state index contributed by atoms with van der Waals surface area (Å²) >= 11 is 0. The molecule has 0 spiro atoms. The molecule has 0 aromatic heterocycles. The average Bonchev–Trinajstić information content (AvgIpc) is 3.11. The number of nitrogens with zero attached hydrogens (tertiary/aromatic N) is 2. The van der Waals surface area contributed by atoms with Crippen molar-refractivity contribution >= 4 is 23.2 Å². The minimum absolute atomic E-state index is 0.104. The van der Waals surface area contributed by atoms with E-state index in [2.05, 4.69) is 0 Å². The number of carbonyl (C=O) groups excluding carboxylic acids is 2. The lowest BCUT2D eigenvalue weighted by Gasteiger charge is -2.26. The van der Waals surface area contributed by atoms with E-state index in [-0.39, 0.29) is 28.9 Å². The number of amides is 2. The highest BCUT2D eigenvalue weighted by Gasteiger charge is 2.70. The zero-order valence-electron chi connectivity index (χ0n) is 13.9. The van der Waals surface area contributed by atoms with Gasteiger partial charge in [0.15, 0.2) is 0 Å². The molecule has 1 aromatic rings. The Labute approximate surface area is 143 Å². The van der Waals surface area contributed by atoms with Crippen LogP contribution in [-0.2, 0) is 14.3 Å². The first-order valence-corrected chi connectivity index (χ1v) is 7.83. The van der Waals surface area contributed by atoms with Crippen LogP contribution in [0, 0.1) is 22.0 Å². The summed E-state index contributed by atoms with van der Waals surface area (Å²) in [6.07, 6.45) is 3.66. The number of carbonyl (C=O) groups is 2. The van der Waals surface area contributed by atoms with E-state index in [4.69, 9.17) is 9.47 Å². The normalized spacial score (nSPS) is 35.4. The molecule has 0 radical (unpaired) electrons. The number of nitro groups is 1. The molecule has 4 rings (SSSR count). The second-order valence-corrected chi connectivity index (χ2v) is 6.88. The molecule has 2 amide bonds. The van der Waals surface area contributed by atoms with Gasteiger partial charge in [-0.15, -0.1) is 0 Å². The van der Waals surface area contributed by atoms with Crippen molar-refractivity contribution in [3.8, 4) is 5.75 Å². The highest BCUT2D eigenvalue weighted by atomic mass is 16.6. The Balaban J connectivity index is 1.80. The summed E-state index contributed by atoms with van der Waals surface area (Å²) in [6.45, 7) is 3.59. The molecule has 1 aromatic carbocycles. The van der Waals surface area contributed by atoms with E-state index in [9.17, 15) is 19.7 Å². The van der Waals surface area contributed by atoms with Gasteiger partial charge < -0.3 is 9.47 Å². The topological polar surface area (TPSA) is 99.0 Å². The monoisotopic (exact) mass is 344 g/mol. The Hall–Kier alpha value is -2.74. The van der Waals surface area contributed by atoms with Gasteiger partial charge in [-0.25, -0.2) is 4.90 Å². The molecule has 3 aliphatic rings. The minimum atomic E-state index is -0.824. The van der Waals surface area contributed by atoms with Crippen LogP contribution in [0.2, 0.25) is 0 Å². The third-order valence-electron chi connectivity index (χ3n) is 5.34. The fourth-order valence-corrected chi connectivity index (χ4v) is 4.23. The van der Waals surface area contributed by atoms with Gasteiger partial charge in [0.25, 0.3) is 5.69 Å². The number of non-ortho nitro benzene ring substituents is 1. The maximum atomic E-state index is 13.0. The summed E-state index contributed by atoms with van der Waals surface area (Å²) in [5.74, 6) is -1.88. The van der Waals surface area contributed by atoms with Crippen molar-refractivity contribution in [3.63, 3.8) is 0 Å². The fourth-order valence-electron chi connectivity index (χ4n) is 4.23. The number of fused-ring (bicyclic) bond motifs is 5. The predicted octanol–water partition coefficient (Wildman–Crippen LogP) is 1.83. The van der Waals surface area contributed by atoms with E-state index >= 15 is 0 Å². The zero-order chi connectivity index (χ0) is 18.1. The van der Waals surface area contributed by atoms with E-state index in [1.165, 1.54) is 25.3 Å². The van der Waals surface area contributed by atoms with Gasteiger partial charge in [-0.05, 0) is 19.9 Å². The van der Waals surface area contributed by atoms with Crippen LogP contribution in [0.5, 0.6) is 5.75 Å². The van der Waals surface area contributed by atoms with Gasteiger partial charge in [-0.3, -0.25) is 19.7 Å². The van der Waals surface area contributed by atoms with Crippen LogP contribution >= 0.6 is 0 Å². The number of nitro benzene ring substituents is 1. The minimum Gasteiger partial charge on any atom is -0.494 e. The van der Waals surface area contributed by atoms with Crippen molar-refractivity contribution in [2.75, 3.05) is 12.0 Å². The molecule has 4 atom stereocenters. The zero-order valence-corrected chi connectivity index (χ0v) is 13.9. The van der Waals surface area contributed by atoms with Crippen molar-refractivity contribution in [2.24, 2.45) is 11.8 Å². The van der Waals surface area contributed by atoms with Gasteiger partial charge in [0.2, 0.25) is 11.8 Å². The molecule has 8 nitrogen and oxygen atoms in total. The van der Waals surface area contributed by atoms with Crippen molar-refractivity contribution in [3.05, 3.63) is 40.5 Å². The van der Waals surface area contributed by atoms with Crippen molar-refractivity contribution in [2.45, 2.75) is 25.0 Å². The molecule has 2 bridgehead atoms. The molecule has 0 aliphatic carbocycles. The number of ether oxygens (including phenoxy) is 2. The number of benzene rings is 1. The van der Waals surface area contributed by atoms with Crippen LogP contribution in [0.3, 0.4) is 0 Å². The molecule has 2 fully saturated rings. The van der Waals surface area contributed by atoms with E-state index in [0.717, 1.165) is 4.90 Å². The number of methoxy groups -OCH3 is 1. The van der Waals surface area contributed by atoms with Gasteiger partial charge in [0.05, 0.1) is 46.8 Å². The van der Waals surface area contributed by atoms with Crippen molar-refractivity contribution in [1.29, 1.82) is 0 Å². The number of hydrogen-bond donors (Lipinski definition) is 0. The van der Waals surface area contributed by atoms with Crippen LogP contribution in [0.15, 0.2) is 30.4 Å².